The average molecular weight is 218 g/mol. The van der Waals surface area contributed by atoms with Crippen molar-refractivity contribution in [2.24, 2.45) is 0 Å². The summed E-state index contributed by atoms with van der Waals surface area (Å²) in [4.78, 5) is 0. The van der Waals surface area contributed by atoms with E-state index in [2.05, 4.69) is 38.1 Å². The third kappa shape index (κ3) is 4.19. The van der Waals surface area contributed by atoms with Crippen LogP contribution >= 0.6 is 0 Å². The highest BCUT2D eigenvalue weighted by atomic mass is 16.3. The molecule has 1 heteroatoms. The van der Waals surface area contributed by atoms with Crippen LogP contribution in [0.5, 0.6) is 0 Å². The predicted molar refractivity (Wildman–Crippen MR) is 69.6 cm³/mol. The maximum absolute atomic E-state index is 9.83. The third-order valence-corrected chi connectivity index (χ3v) is 2.77. The van der Waals surface area contributed by atoms with Crippen molar-refractivity contribution in [1.82, 2.24) is 0 Å². The fourth-order valence-corrected chi connectivity index (χ4v) is 1.85. The van der Waals surface area contributed by atoms with Gasteiger partial charge in [-0.1, -0.05) is 48.4 Å². The second kappa shape index (κ2) is 5.86. The molecule has 0 unspecified atom stereocenters. The molecule has 0 aromatic heterocycles. The quantitative estimate of drug-likeness (QED) is 0.762. The van der Waals surface area contributed by atoms with Gasteiger partial charge in [-0.2, -0.15) is 0 Å². The van der Waals surface area contributed by atoms with Gasteiger partial charge in [0.2, 0.25) is 0 Å². The Labute approximate surface area is 98.8 Å². The molecular formula is C15H22O. The molecule has 0 aliphatic heterocycles. The minimum atomic E-state index is -0.332. The molecule has 0 fully saturated rings. The summed E-state index contributed by atoms with van der Waals surface area (Å²) >= 11 is 0. The smallest absolute Gasteiger partial charge is 0.0729 e. The Morgan fingerprint density at radius 1 is 1.25 bits per heavy atom. The summed E-state index contributed by atoms with van der Waals surface area (Å²) in [6, 6.07) is 8.54. The Balaban J connectivity index is 2.62. The van der Waals surface area contributed by atoms with E-state index in [4.69, 9.17) is 0 Å². The summed E-state index contributed by atoms with van der Waals surface area (Å²) in [5, 5.41) is 9.83. The Bertz CT molecular complexity index is 344. The van der Waals surface area contributed by atoms with E-state index < -0.39 is 0 Å². The van der Waals surface area contributed by atoms with Gasteiger partial charge in [-0.15, -0.1) is 0 Å². The fourth-order valence-electron chi connectivity index (χ4n) is 1.85. The monoisotopic (exact) mass is 218 g/mol. The molecule has 1 aromatic rings. The van der Waals surface area contributed by atoms with Gasteiger partial charge in [-0.3, -0.25) is 0 Å². The fraction of sp³-hybridized carbons (Fsp3) is 0.467. The Morgan fingerprint density at radius 2 is 1.81 bits per heavy atom. The van der Waals surface area contributed by atoms with E-state index in [0.29, 0.717) is 5.92 Å². The topological polar surface area (TPSA) is 20.2 Å². The maximum Gasteiger partial charge on any atom is 0.0729 e. The summed E-state index contributed by atoms with van der Waals surface area (Å²) in [5.74, 6) is 0.395. The van der Waals surface area contributed by atoms with Crippen LogP contribution in [0, 0.1) is 6.92 Å². The van der Waals surface area contributed by atoms with Gasteiger partial charge >= 0.3 is 0 Å². The number of benzene rings is 1. The molecule has 0 saturated heterocycles. The summed E-state index contributed by atoms with van der Waals surface area (Å²) in [6.45, 7) is 8.28. The summed E-state index contributed by atoms with van der Waals surface area (Å²) in [6.07, 6.45) is 2.38. The van der Waals surface area contributed by atoms with E-state index in [0.717, 1.165) is 6.42 Å². The van der Waals surface area contributed by atoms with Crippen LogP contribution < -0.4 is 0 Å². The zero-order valence-corrected chi connectivity index (χ0v) is 10.7. The van der Waals surface area contributed by atoms with Gasteiger partial charge in [-0.05, 0) is 38.7 Å². The highest BCUT2D eigenvalue weighted by Crippen LogP contribution is 2.21. The zero-order valence-electron chi connectivity index (χ0n) is 10.7. The van der Waals surface area contributed by atoms with E-state index in [-0.39, 0.29) is 6.10 Å². The second-order valence-corrected chi connectivity index (χ2v) is 4.86. The lowest BCUT2D eigenvalue weighted by Gasteiger charge is -2.15. The van der Waals surface area contributed by atoms with E-state index in [1.54, 1.807) is 0 Å². The highest BCUT2D eigenvalue weighted by molar-refractivity contribution is 5.24. The normalized spacial score (nSPS) is 14.3. The molecule has 88 valence electrons. The molecule has 0 radical (unpaired) electrons. The Kier molecular flexibility index (Phi) is 4.75. The SMILES string of the molecule is CC(C)=C[C@H](O)C[C@@H](C)c1ccc(C)cc1. The molecule has 0 aliphatic carbocycles. The van der Waals surface area contributed by atoms with Gasteiger partial charge < -0.3 is 5.11 Å². The van der Waals surface area contributed by atoms with Crippen LogP contribution in [0.1, 0.15) is 44.2 Å². The number of aliphatic hydroxyl groups is 1. The zero-order chi connectivity index (χ0) is 12.1. The Morgan fingerprint density at radius 3 is 2.31 bits per heavy atom. The molecule has 0 saturated carbocycles. The number of rotatable bonds is 4. The van der Waals surface area contributed by atoms with Crippen molar-refractivity contribution in [2.45, 2.75) is 46.1 Å². The van der Waals surface area contributed by atoms with E-state index >= 15 is 0 Å². The van der Waals surface area contributed by atoms with E-state index in [9.17, 15) is 5.11 Å². The minimum absolute atomic E-state index is 0.332. The molecule has 0 amide bonds. The first-order valence-electron chi connectivity index (χ1n) is 5.88. The first-order chi connectivity index (χ1) is 7.49. The van der Waals surface area contributed by atoms with Crippen LogP contribution in [0.3, 0.4) is 0 Å². The summed E-state index contributed by atoms with van der Waals surface area (Å²) < 4.78 is 0. The molecule has 1 rings (SSSR count). The lowest BCUT2D eigenvalue weighted by Crippen LogP contribution is -2.08. The Hall–Kier alpha value is -1.08. The molecule has 0 bridgehead atoms. The second-order valence-electron chi connectivity index (χ2n) is 4.86. The largest absolute Gasteiger partial charge is 0.389 e. The van der Waals surface area contributed by atoms with Crippen molar-refractivity contribution in [3.63, 3.8) is 0 Å². The van der Waals surface area contributed by atoms with E-state index in [1.807, 2.05) is 19.9 Å². The molecule has 1 N–H and O–H groups in total. The number of aryl methyl sites for hydroxylation is 1. The van der Waals surface area contributed by atoms with Crippen molar-refractivity contribution in [1.29, 1.82) is 0 Å². The van der Waals surface area contributed by atoms with Crippen LogP contribution in [-0.2, 0) is 0 Å². The van der Waals surface area contributed by atoms with Crippen LogP contribution in [0.15, 0.2) is 35.9 Å². The first-order valence-corrected chi connectivity index (χ1v) is 5.88. The van der Waals surface area contributed by atoms with Crippen LogP contribution in [0.25, 0.3) is 0 Å². The average Bonchev–Trinajstić information content (AvgIpc) is 2.16. The summed E-state index contributed by atoms with van der Waals surface area (Å²) in [7, 11) is 0. The van der Waals surface area contributed by atoms with Crippen LogP contribution in [0.2, 0.25) is 0 Å². The molecule has 1 aromatic carbocycles. The number of allylic oxidation sites excluding steroid dienone is 1. The molecule has 1 nitrogen and oxygen atoms in total. The number of hydrogen-bond acceptors (Lipinski definition) is 1. The van der Waals surface area contributed by atoms with Gasteiger partial charge in [0.05, 0.1) is 6.10 Å². The first kappa shape index (κ1) is 13.0. The standard InChI is InChI=1S/C15H22O/c1-11(2)9-15(16)10-13(4)14-7-5-12(3)6-8-14/h5-9,13,15-16H,10H2,1-4H3/t13-,15+/m1/s1. The van der Waals surface area contributed by atoms with Crippen molar-refractivity contribution in [3.8, 4) is 0 Å². The third-order valence-electron chi connectivity index (χ3n) is 2.77. The van der Waals surface area contributed by atoms with Gasteiger partial charge in [0.25, 0.3) is 0 Å². The minimum Gasteiger partial charge on any atom is -0.389 e. The molecule has 2 atom stereocenters. The van der Waals surface area contributed by atoms with Crippen molar-refractivity contribution >= 4 is 0 Å². The van der Waals surface area contributed by atoms with Crippen molar-refractivity contribution in [2.75, 3.05) is 0 Å². The van der Waals surface area contributed by atoms with Crippen molar-refractivity contribution < 1.29 is 5.11 Å². The van der Waals surface area contributed by atoms with E-state index in [1.165, 1.54) is 16.7 Å². The molecular weight excluding hydrogens is 196 g/mol. The number of hydrogen-bond donors (Lipinski definition) is 1. The lowest BCUT2D eigenvalue weighted by atomic mass is 9.94. The summed E-state index contributed by atoms with van der Waals surface area (Å²) in [5.41, 5.74) is 3.75. The van der Waals surface area contributed by atoms with Gasteiger partial charge in [0.15, 0.2) is 0 Å². The lowest BCUT2D eigenvalue weighted by molar-refractivity contribution is 0.203. The molecule has 0 aliphatic rings. The highest BCUT2D eigenvalue weighted by Gasteiger charge is 2.09. The molecule has 0 spiro atoms. The van der Waals surface area contributed by atoms with Crippen LogP contribution in [0.4, 0.5) is 0 Å². The van der Waals surface area contributed by atoms with Crippen molar-refractivity contribution in [3.05, 3.63) is 47.0 Å². The van der Waals surface area contributed by atoms with Gasteiger partial charge in [0, 0.05) is 0 Å². The molecule has 0 heterocycles. The predicted octanol–water partition coefficient (Wildman–Crippen LogP) is 3.82. The number of aliphatic hydroxyl groups excluding tert-OH is 1. The van der Waals surface area contributed by atoms with Gasteiger partial charge in [0.1, 0.15) is 0 Å². The van der Waals surface area contributed by atoms with Gasteiger partial charge in [-0.25, -0.2) is 0 Å². The molecule has 16 heavy (non-hydrogen) atoms. The van der Waals surface area contributed by atoms with Crippen LogP contribution in [-0.4, -0.2) is 11.2 Å². The maximum atomic E-state index is 9.83.